The number of nitrogens with zero attached hydrogens (tertiary/aromatic N) is 5. The number of carbonyl (C=O) groups excluding carboxylic acids is 1. The van der Waals surface area contributed by atoms with E-state index in [9.17, 15) is 9.36 Å². The molecule has 13 nitrogen and oxygen atoms in total. The van der Waals surface area contributed by atoms with E-state index in [0.29, 0.717) is 34.6 Å². The van der Waals surface area contributed by atoms with Crippen molar-refractivity contribution in [3.63, 3.8) is 0 Å². The molecule has 6 aromatic rings. The number of hydrogen-bond acceptors (Lipinski definition) is 10. The lowest BCUT2D eigenvalue weighted by Gasteiger charge is -2.37. The third kappa shape index (κ3) is 8.36. The Balaban J connectivity index is 1.26. The van der Waals surface area contributed by atoms with Crippen LogP contribution in [0.4, 0.5) is 5.82 Å². The van der Waals surface area contributed by atoms with Gasteiger partial charge in [-0.25, -0.2) is 15.0 Å². The molecule has 0 saturated carbocycles. The smallest absolute Gasteiger partial charge is 0.497 e. The standard InChI is InChI=1S/C44H47N6O7P/c1-29(2)50(30(3)4)58(52)57-37-25-39(49-28-47-40-41(45-27-46-42(40)49)48-43(51)31-13-9-7-10-14-31)56-38(37)26-55-44(32-15-11-8-12-16-32,33-17-21-35(53-5)22-18-33)34-19-23-36(54-6)24-20-34/h7-24,27-30,37-39H,25-26H2,1-6H3/p+1/t37-,38+,39+/m0/s1. The third-order valence-corrected chi connectivity index (χ3v) is 12.0. The summed E-state index contributed by atoms with van der Waals surface area (Å²) < 4.78 is 49.3. The second-order valence-corrected chi connectivity index (χ2v) is 15.6. The van der Waals surface area contributed by atoms with Crippen molar-refractivity contribution in [2.45, 2.75) is 70.2 Å². The number of fused-ring (bicyclic) bond motifs is 1. The fraction of sp³-hybridized carbons (Fsp3) is 0.318. The second-order valence-electron chi connectivity index (χ2n) is 14.5. The van der Waals surface area contributed by atoms with Gasteiger partial charge in [0.05, 0.1) is 39.2 Å². The highest BCUT2D eigenvalue weighted by Crippen LogP contribution is 2.45. The number of anilines is 1. The van der Waals surface area contributed by atoms with E-state index < -0.39 is 32.2 Å². The number of amides is 1. The maximum absolute atomic E-state index is 14.0. The summed E-state index contributed by atoms with van der Waals surface area (Å²) in [4.78, 5) is 26.6. The maximum Gasteiger partial charge on any atom is 0.616 e. The van der Waals surface area contributed by atoms with Gasteiger partial charge >= 0.3 is 8.18 Å². The molecule has 1 aliphatic rings. The van der Waals surface area contributed by atoms with Crippen molar-refractivity contribution >= 4 is 31.1 Å². The van der Waals surface area contributed by atoms with E-state index in [4.69, 9.17) is 23.5 Å². The summed E-state index contributed by atoms with van der Waals surface area (Å²) in [5.74, 6) is 1.36. The summed E-state index contributed by atoms with van der Waals surface area (Å²) in [5, 5.41) is 2.87. The van der Waals surface area contributed by atoms with Gasteiger partial charge in [-0.2, -0.15) is 0 Å². The predicted molar refractivity (Wildman–Crippen MR) is 221 cm³/mol. The molecule has 4 atom stereocenters. The molecule has 1 N–H and O–H groups in total. The number of ether oxygens (including phenoxy) is 4. The molecule has 1 unspecified atom stereocenters. The van der Waals surface area contributed by atoms with Crippen LogP contribution in [0.2, 0.25) is 0 Å². The molecule has 0 aliphatic carbocycles. The predicted octanol–water partition coefficient (Wildman–Crippen LogP) is 8.55. The first-order valence-corrected chi connectivity index (χ1v) is 20.4. The lowest BCUT2D eigenvalue weighted by Crippen LogP contribution is -2.39. The zero-order valence-corrected chi connectivity index (χ0v) is 34.3. The van der Waals surface area contributed by atoms with Crippen molar-refractivity contribution in [1.29, 1.82) is 0 Å². The van der Waals surface area contributed by atoms with Crippen LogP contribution in [0.25, 0.3) is 11.2 Å². The molecular formula is C44H48N6O7P+. The molecule has 3 heterocycles. The Kier molecular flexibility index (Phi) is 12.6. The molecule has 14 heteroatoms. The van der Waals surface area contributed by atoms with Gasteiger partial charge in [0.2, 0.25) is 0 Å². The van der Waals surface area contributed by atoms with Crippen molar-refractivity contribution in [3.05, 3.63) is 144 Å². The van der Waals surface area contributed by atoms with Gasteiger partial charge in [0.25, 0.3) is 5.91 Å². The van der Waals surface area contributed by atoms with E-state index >= 15 is 0 Å². The van der Waals surface area contributed by atoms with Gasteiger partial charge in [-0.1, -0.05) is 77.5 Å². The first kappa shape index (κ1) is 40.6. The van der Waals surface area contributed by atoms with Gasteiger partial charge in [0, 0.05) is 12.0 Å². The fourth-order valence-electron chi connectivity index (χ4n) is 7.48. The molecule has 7 rings (SSSR count). The lowest BCUT2D eigenvalue weighted by atomic mass is 9.80. The quantitative estimate of drug-likeness (QED) is 0.0744. The van der Waals surface area contributed by atoms with Gasteiger partial charge < -0.3 is 24.3 Å². The number of nitrogens with one attached hydrogen (secondary N) is 1. The van der Waals surface area contributed by atoms with Gasteiger partial charge in [0.1, 0.15) is 41.9 Å². The summed E-state index contributed by atoms with van der Waals surface area (Å²) in [5.41, 5.74) is 2.80. The van der Waals surface area contributed by atoms with Crippen LogP contribution in [0.3, 0.4) is 0 Å². The molecule has 2 aromatic heterocycles. The van der Waals surface area contributed by atoms with Crippen molar-refractivity contribution < 1.29 is 32.8 Å². The summed E-state index contributed by atoms with van der Waals surface area (Å²) in [6, 6.07) is 34.4. The van der Waals surface area contributed by atoms with Crippen LogP contribution in [-0.2, 0) is 24.2 Å². The van der Waals surface area contributed by atoms with Crippen LogP contribution in [0.1, 0.15) is 67.4 Å². The summed E-state index contributed by atoms with van der Waals surface area (Å²) in [7, 11) is 0.999. The zero-order chi connectivity index (χ0) is 40.8. The largest absolute Gasteiger partial charge is 0.616 e. The molecular weight excluding hydrogens is 755 g/mol. The molecule has 300 valence electrons. The second kappa shape index (κ2) is 17.9. The van der Waals surface area contributed by atoms with Crippen molar-refractivity contribution in [3.8, 4) is 11.5 Å². The van der Waals surface area contributed by atoms with Gasteiger partial charge in [-0.15, -0.1) is 4.52 Å². The average Bonchev–Trinajstić information content (AvgIpc) is 3.86. The zero-order valence-electron chi connectivity index (χ0n) is 33.4. The van der Waals surface area contributed by atoms with Crippen molar-refractivity contribution in [2.24, 2.45) is 0 Å². The number of imidazole rings is 1. The summed E-state index contributed by atoms with van der Waals surface area (Å²) in [6.07, 6.45) is 1.30. The number of hydrogen-bond donors (Lipinski definition) is 1. The molecule has 0 spiro atoms. The Labute approximate surface area is 339 Å². The number of carbonyl (C=O) groups is 1. The maximum atomic E-state index is 14.0. The van der Waals surface area contributed by atoms with E-state index in [1.807, 2.05) is 117 Å². The molecule has 1 fully saturated rings. The summed E-state index contributed by atoms with van der Waals surface area (Å²) in [6.45, 7) is 8.02. The highest BCUT2D eigenvalue weighted by atomic mass is 31.1. The molecule has 58 heavy (non-hydrogen) atoms. The minimum absolute atomic E-state index is 0.0360. The normalized spacial score (nSPS) is 17.3. The Morgan fingerprint density at radius 1 is 0.828 bits per heavy atom. The van der Waals surface area contributed by atoms with E-state index in [1.165, 1.54) is 6.33 Å². The number of aromatic nitrogens is 4. The number of rotatable bonds is 16. The fourth-order valence-corrected chi connectivity index (χ4v) is 8.80. The molecule has 1 amide bonds. The van der Waals surface area contributed by atoms with E-state index in [1.54, 1.807) is 49.4 Å². The molecule has 1 aliphatic heterocycles. The Bertz CT molecular complexity index is 2250. The highest BCUT2D eigenvalue weighted by Gasteiger charge is 2.48. The van der Waals surface area contributed by atoms with Crippen LogP contribution in [0.15, 0.2) is 122 Å². The molecule has 0 bridgehead atoms. The topological polar surface area (TPSA) is 139 Å². The molecule has 4 aromatic carbocycles. The minimum atomic E-state index is -2.27. The van der Waals surface area contributed by atoms with E-state index in [-0.39, 0.29) is 30.4 Å². The average molecular weight is 804 g/mol. The van der Waals surface area contributed by atoms with Crippen LogP contribution < -0.4 is 14.8 Å². The third-order valence-electron chi connectivity index (χ3n) is 10.2. The highest BCUT2D eigenvalue weighted by molar-refractivity contribution is 7.36. The van der Waals surface area contributed by atoms with E-state index in [2.05, 4.69) is 20.3 Å². The first-order chi connectivity index (χ1) is 28.1. The van der Waals surface area contributed by atoms with Gasteiger partial charge in [-0.3, -0.25) is 9.36 Å². The molecule has 1 saturated heterocycles. The minimum Gasteiger partial charge on any atom is -0.497 e. The SMILES string of the molecule is COc1ccc(C(OC[C@H]2O[C@@H](n3cnc4c(NC(=O)c5ccccc5)ncnc43)C[C@@H]2O[P+](=O)N(C(C)C)C(C)C)(c2ccccc2)c2ccc(OC)cc2)cc1. The van der Waals surface area contributed by atoms with Gasteiger partial charge in [-0.05, 0) is 85.3 Å². The van der Waals surface area contributed by atoms with Crippen LogP contribution in [0.5, 0.6) is 11.5 Å². The van der Waals surface area contributed by atoms with Crippen LogP contribution in [0, 0.1) is 0 Å². The Morgan fingerprint density at radius 2 is 1.40 bits per heavy atom. The number of benzene rings is 4. The Morgan fingerprint density at radius 3 is 1.97 bits per heavy atom. The lowest BCUT2D eigenvalue weighted by molar-refractivity contribution is -0.0902. The van der Waals surface area contributed by atoms with Crippen LogP contribution in [-0.4, -0.2) is 75.2 Å². The molecule has 0 radical (unpaired) electrons. The Hall–Kier alpha value is -5.56. The van der Waals surface area contributed by atoms with E-state index in [0.717, 1.165) is 16.7 Å². The monoisotopic (exact) mass is 803 g/mol. The summed E-state index contributed by atoms with van der Waals surface area (Å²) >= 11 is 0. The van der Waals surface area contributed by atoms with Crippen LogP contribution >= 0.6 is 8.18 Å². The van der Waals surface area contributed by atoms with Gasteiger partial charge in [0.15, 0.2) is 17.0 Å². The van der Waals surface area contributed by atoms with Crippen molar-refractivity contribution in [2.75, 3.05) is 26.1 Å². The first-order valence-electron chi connectivity index (χ1n) is 19.2. The number of methoxy groups -OCH3 is 2. The van der Waals surface area contributed by atoms with Crippen molar-refractivity contribution in [1.82, 2.24) is 24.2 Å².